The minimum absolute atomic E-state index is 0.0315. The van der Waals surface area contributed by atoms with Gasteiger partial charge < -0.3 is 15.0 Å². The maximum absolute atomic E-state index is 11.8. The highest BCUT2D eigenvalue weighted by Crippen LogP contribution is 2.61. The monoisotopic (exact) mass is 320 g/mol. The molecule has 2 aliphatic rings. The zero-order valence-corrected chi connectivity index (χ0v) is 14.8. The van der Waals surface area contributed by atoms with E-state index in [4.69, 9.17) is 5.11 Å². The Morgan fingerprint density at radius 1 is 1.39 bits per heavy atom. The van der Waals surface area contributed by atoms with Gasteiger partial charge in [0.05, 0.1) is 18.1 Å². The molecule has 2 N–H and O–H groups in total. The minimum atomic E-state index is -0.637. The van der Waals surface area contributed by atoms with Crippen LogP contribution in [0.2, 0.25) is 0 Å². The summed E-state index contributed by atoms with van der Waals surface area (Å²) in [7, 11) is 0. The molecule has 0 aromatic rings. The summed E-state index contributed by atoms with van der Waals surface area (Å²) >= 11 is 0. The SMILES string of the molecule is C=C1CCC2C(C)(C=O)C(O)CCC2(C)C1CCC(C)=CCO. The van der Waals surface area contributed by atoms with E-state index in [1.807, 2.05) is 13.0 Å². The summed E-state index contributed by atoms with van der Waals surface area (Å²) in [6, 6.07) is 0. The molecule has 2 rings (SSSR count). The zero-order valence-electron chi connectivity index (χ0n) is 14.8. The maximum atomic E-state index is 11.8. The van der Waals surface area contributed by atoms with Gasteiger partial charge in [-0.2, -0.15) is 0 Å². The van der Waals surface area contributed by atoms with Crippen LogP contribution in [0.1, 0.15) is 59.3 Å². The fraction of sp³-hybridized carbons (Fsp3) is 0.750. The first-order valence-corrected chi connectivity index (χ1v) is 8.88. The van der Waals surface area contributed by atoms with E-state index >= 15 is 0 Å². The van der Waals surface area contributed by atoms with Crippen LogP contribution in [0.4, 0.5) is 0 Å². The molecule has 0 amide bonds. The molecular weight excluding hydrogens is 288 g/mol. The number of allylic oxidation sites excluding steroid dienone is 2. The highest BCUT2D eigenvalue weighted by Gasteiger charge is 2.57. The average Bonchev–Trinajstić information content (AvgIpc) is 2.51. The van der Waals surface area contributed by atoms with Gasteiger partial charge in [-0.3, -0.25) is 0 Å². The van der Waals surface area contributed by atoms with Crippen LogP contribution in [0.15, 0.2) is 23.8 Å². The molecule has 23 heavy (non-hydrogen) atoms. The van der Waals surface area contributed by atoms with Crippen molar-refractivity contribution >= 4 is 6.29 Å². The summed E-state index contributed by atoms with van der Waals surface area (Å²) in [5, 5.41) is 19.5. The average molecular weight is 320 g/mol. The van der Waals surface area contributed by atoms with Crippen molar-refractivity contribution in [2.45, 2.75) is 65.4 Å². The molecule has 2 fully saturated rings. The molecule has 0 spiro atoms. The van der Waals surface area contributed by atoms with E-state index in [0.29, 0.717) is 12.3 Å². The lowest BCUT2D eigenvalue weighted by molar-refractivity contribution is -0.152. The van der Waals surface area contributed by atoms with Gasteiger partial charge in [0.15, 0.2) is 0 Å². The number of carbonyl (C=O) groups is 1. The Kier molecular flexibility index (Phi) is 5.52. The van der Waals surface area contributed by atoms with Gasteiger partial charge in [-0.25, -0.2) is 0 Å². The van der Waals surface area contributed by atoms with Crippen LogP contribution in [0.25, 0.3) is 0 Å². The van der Waals surface area contributed by atoms with Gasteiger partial charge in [0.1, 0.15) is 6.29 Å². The molecule has 0 aromatic heterocycles. The first-order valence-electron chi connectivity index (χ1n) is 8.88. The lowest BCUT2D eigenvalue weighted by Crippen LogP contribution is -2.56. The van der Waals surface area contributed by atoms with E-state index in [-0.39, 0.29) is 17.9 Å². The van der Waals surface area contributed by atoms with Crippen molar-refractivity contribution in [3.05, 3.63) is 23.8 Å². The second-order valence-corrected chi connectivity index (χ2v) is 8.12. The predicted molar refractivity (Wildman–Crippen MR) is 92.9 cm³/mol. The lowest BCUT2D eigenvalue weighted by Gasteiger charge is -2.58. The Labute approximate surface area is 140 Å². The summed E-state index contributed by atoms with van der Waals surface area (Å²) in [5.41, 5.74) is 1.90. The Morgan fingerprint density at radius 3 is 2.70 bits per heavy atom. The normalized spacial score (nSPS) is 41.5. The molecule has 5 atom stereocenters. The van der Waals surface area contributed by atoms with Crippen molar-refractivity contribution in [3.8, 4) is 0 Å². The molecule has 130 valence electrons. The lowest BCUT2D eigenvalue weighted by atomic mass is 9.46. The molecule has 0 aliphatic heterocycles. The van der Waals surface area contributed by atoms with E-state index in [0.717, 1.165) is 38.4 Å². The molecule has 2 saturated carbocycles. The Bertz CT molecular complexity index is 495. The number of rotatable bonds is 5. The van der Waals surface area contributed by atoms with Crippen molar-refractivity contribution in [1.82, 2.24) is 0 Å². The van der Waals surface area contributed by atoms with E-state index in [9.17, 15) is 9.90 Å². The molecule has 3 heteroatoms. The first-order chi connectivity index (χ1) is 10.8. The molecule has 5 unspecified atom stereocenters. The number of aliphatic hydroxyl groups is 2. The van der Waals surface area contributed by atoms with Crippen LogP contribution >= 0.6 is 0 Å². The molecule has 0 aromatic carbocycles. The Balaban J connectivity index is 2.26. The number of aliphatic hydroxyl groups excluding tert-OH is 2. The number of carbonyl (C=O) groups excluding carboxylic acids is 1. The minimum Gasteiger partial charge on any atom is -0.392 e. The number of aldehydes is 1. The molecule has 0 heterocycles. The highest BCUT2D eigenvalue weighted by atomic mass is 16.3. The topological polar surface area (TPSA) is 57.5 Å². The molecule has 0 saturated heterocycles. The zero-order chi connectivity index (χ0) is 17.3. The maximum Gasteiger partial charge on any atom is 0.128 e. The van der Waals surface area contributed by atoms with Gasteiger partial charge in [-0.05, 0) is 62.7 Å². The van der Waals surface area contributed by atoms with Gasteiger partial charge in [-0.1, -0.05) is 37.6 Å². The second kappa shape index (κ2) is 6.90. The number of hydrogen-bond donors (Lipinski definition) is 2. The third kappa shape index (κ3) is 3.18. The van der Waals surface area contributed by atoms with Crippen LogP contribution in [0.5, 0.6) is 0 Å². The molecule has 0 radical (unpaired) electrons. The van der Waals surface area contributed by atoms with Crippen LogP contribution < -0.4 is 0 Å². The summed E-state index contributed by atoms with van der Waals surface area (Å²) in [6.07, 6.45) is 7.85. The van der Waals surface area contributed by atoms with Gasteiger partial charge >= 0.3 is 0 Å². The fourth-order valence-electron chi connectivity index (χ4n) is 5.23. The largest absolute Gasteiger partial charge is 0.392 e. The highest BCUT2D eigenvalue weighted by molar-refractivity contribution is 5.61. The van der Waals surface area contributed by atoms with E-state index in [1.165, 1.54) is 11.1 Å². The third-order valence-corrected chi connectivity index (χ3v) is 6.79. The van der Waals surface area contributed by atoms with Crippen molar-refractivity contribution in [1.29, 1.82) is 0 Å². The smallest absolute Gasteiger partial charge is 0.128 e. The summed E-state index contributed by atoms with van der Waals surface area (Å²) in [5.74, 6) is 0.601. The van der Waals surface area contributed by atoms with Crippen LogP contribution in [-0.4, -0.2) is 29.2 Å². The van der Waals surface area contributed by atoms with Crippen molar-refractivity contribution < 1.29 is 15.0 Å². The van der Waals surface area contributed by atoms with Crippen LogP contribution in [0.3, 0.4) is 0 Å². The summed E-state index contributed by atoms with van der Waals surface area (Å²) < 4.78 is 0. The fourth-order valence-corrected chi connectivity index (χ4v) is 5.23. The summed E-state index contributed by atoms with van der Waals surface area (Å²) in [6.45, 7) is 10.7. The van der Waals surface area contributed by atoms with E-state index in [2.05, 4.69) is 20.4 Å². The molecule has 3 nitrogen and oxygen atoms in total. The first kappa shape index (κ1) is 18.4. The van der Waals surface area contributed by atoms with Crippen LogP contribution in [-0.2, 0) is 4.79 Å². The van der Waals surface area contributed by atoms with Crippen LogP contribution in [0, 0.1) is 22.7 Å². The summed E-state index contributed by atoms with van der Waals surface area (Å²) in [4.78, 5) is 11.8. The third-order valence-electron chi connectivity index (χ3n) is 6.79. The van der Waals surface area contributed by atoms with Crippen molar-refractivity contribution in [2.24, 2.45) is 22.7 Å². The molecule has 0 bridgehead atoms. The van der Waals surface area contributed by atoms with E-state index in [1.54, 1.807) is 0 Å². The Hall–Kier alpha value is -0.930. The molecule has 2 aliphatic carbocycles. The van der Waals surface area contributed by atoms with Gasteiger partial charge in [0.25, 0.3) is 0 Å². The Morgan fingerprint density at radius 2 is 2.09 bits per heavy atom. The van der Waals surface area contributed by atoms with E-state index < -0.39 is 11.5 Å². The second-order valence-electron chi connectivity index (χ2n) is 8.12. The number of hydrogen-bond acceptors (Lipinski definition) is 3. The predicted octanol–water partition coefficient (Wildman–Crippen LogP) is 3.65. The van der Waals surface area contributed by atoms with Gasteiger partial charge in [-0.15, -0.1) is 0 Å². The van der Waals surface area contributed by atoms with Crippen molar-refractivity contribution in [2.75, 3.05) is 6.61 Å². The number of fused-ring (bicyclic) bond motifs is 1. The molecular formula is C20H32O3. The van der Waals surface area contributed by atoms with Gasteiger partial charge in [0, 0.05) is 0 Å². The standard InChI is InChI=1S/C20H32O3/c1-14(10-12-21)5-7-16-15(2)6-8-17-19(16,3)11-9-18(23)20(17,4)13-22/h10,13,16-18,21,23H,2,5-9,11-12H2,1,3-4H3. The quantitative estimate of drug-likeness (QED) is 0.600. The van der Waals surface area contributed by atoms with Gasteiger partial charge in [0.2, 0.25) is 0 Å². The van der Waals surface area contributed by atoms with Crippen molar-refractivity contribution in [3.63, 3.8) is 0 Å².